The molecule has 2 heteroatoms. The van der Waals surface area contributed by atoms with Gasteiger partial charge in [0.2, 0.25) is 0 Å². The Bertz CT molecular complexity index is 572. The van der Waals surface area contributed by atoms with Crippen molar-refractivity contribution >= 4 is 0 Å². The lowest BCUT2D eigenvalue weighted by molar-refractivity contribution is -0.0483. The van der Waals surface area contributed by atoms with Gasteiger partial charge in [0, 0.05) is 5.92 Å². The molecule has 0 aromatic rings. The summed E-state index contributed by atoms with van der Waals surface area (Å²) in [6, 6.07) is 0. The van der Waals surface area contributed by atoms with E-state index in [1.807, 2.05) is 0 Å². The smallest absolute Gasteiger partial charge is 0.0933 e. The summed E-state index contributed by atoms with van der Waals surface area (Å²) in [7, 11) is 0. The van der Waals surface area contributed by atoms with E-state index in [0.29, 0.717) is 17.8 Å². The van der Waals surface area contributed by atoms with Crippen LogP contribution in [0.1, 0.15) is 52.4 Å². The highest BCUT2D eigenvalue weighted by Crippen LogP contribution is 2.58. The molecule has 4 aliphatic carbocycles. The molecule has 0 heterocycles. The van der Waals surface area contributed by atoms with Gasteiger partial charge in [-0.15, -0.1) is 0 Å². The van der Waals surface area contributed by atoms with Crippen LogP contribution in [0, 0.1) is 23.2 Å². The first-order valence-corrected chi connectivity index (χ1v) is 8.94. The van der Waals surface area contributed by atoms with E-state index >= 15 is 0 Å². The predicted molar refractivity (Wildman–Crippen MR) is 88.2 cm³/mol. The molecular weight excluding hydrogens is 272 g/mol. The zero-order valence-corrected chi connectivity index (χ0v) is 13.8. The first-order valence-electron chi connectivity index (χ1n) is 8.94. The molecule has 0 saturated heterocycles. The molecular formula is C20H28O2. The van der Waals surface area contributed by atoms with Gasteiger partial charge in [-0.2, -0.15) is 0 Å². The molecule has 6 atom stereocenters. The van der Waals surface area contributed by atoms with Crippen molar-refractivity contribution in [3.8, 4) is 0 Å². The lowest BCUT2D eigenvalue weighted by Crippen LogP contribution is -2.50. The molecule has 2 nitrogen and oxygen atoms in total. The summed E-state index contributed by atoms with van der Waals surface area (Å²) >= 11 is 0. The molecule has 0 amide bonds. The monoisotopic (exact) mass is 300 g/mol. The second-order valence-corrected chi connectivity index (χ2v) is 8.28. The van der Waals surface area contributed by atoms with Crippen molar-refractivity contribution in [3.63, 3.8) is 0 Å². The number of aliphatic hydroxyl groups is 2. The van der Waals surface area contributed by atoms with E-state index in [1.54, 1.807) is 0 Å². The van der Waals surface area contributed by atoms with Crippen LogP contribution in [0.3, 0.4) is 0 Å². The van der Waals surface area contributed by atoms with Gasteiger partial charge in [-0.3, -0.25) is 0 Å². The third kappa shape index (κ3) is 1.93. The first-order chi connectivity index (χ1) is 10.4. The minimum Gasteiger partial charge on any atom is -0.393 e. The van der Waals surface area contributed by atoms with Gasteiger partial charge < -0.3 is 10.2 Å². The van der Waals surface area contributed by atoms with Crippen LogP contribution in [0.2, 0.25) is 0 Å². The van der Waals surface area contributed by atoms with Gasteiger partial charge in [0.15, 0.2) is 0 Å². The molecule has 0 spiro atoms. The highest BCUT2D eigenvalue weighted by Gasteiger charge is 2.55. The Morgan fingerprint density at radius 2 is 2.05 bits per heavy atom. The van der Waals surface area contributed by atoms with E-state index in [0.717, 1.165) is 44.1 Å². The molecule has 0 aromatic heterocycles. The summed E-state index contributed by atoms with van der Waals surface area (Å²) in [5.74, 6) is 1.32. The number of hydrogen-bond acceptors (Lipinski definition) is 2. The molecule has 4 aliphatic rings. The van der Waals surface area contributed by atoms with E-state index in [2.05, 4.69) is 38.2 Å². The zero-order chi connectivity index (χ0) is 15.5. The Morgan fingerprint density at radius 1 is 1.23 bits per heavy atom. The highest BCUT2D eigenvalue weighted by molar-refractivity contribution is 5.42. The molecule has 0 radical (unpaired) electrons. The number of allylic oxidation sites excluding steroid dienone is 3. The van der Waals surface area contributed by atoms with Crippen molar-refractivity contribution in [2.45, 2.75) is 64.1 Å². The van der Waals surface area contributed by atoms with Crippen LogP contribution in [0.15, 0.2) is 35.5 Å². The summed E-state index contributed by atoms with van der Waals surface area (Å²) in [5, 5.41) is 21.6. The van der Waals surface area contributed by atoms with Crippen LogP contribution >= 0.6 is 0 Å². The number of hydrogen-bond donors (Lipinski definition) is 2. The second kappa shape index (κ2) is 4.82. The maximum atomic E-state index is 11.6. The van der Waals surface area contributed by atoms with Crippen molar-refractivity contribution in [3.05, 3.63) is 35.5 Å². The minimum absolute atomic E-state index is 0.0891. The fraction of sp³-hybridized carbons (Fsp3) is 0.700. The van der Waals surface area contributed by atoms with Crippen molar-refractivity contribution in [2.75, 3.05) is 0 Å². The van der Waals surface area contributed by atoms with E-state index in [4.69, 9.17) is 0 Å². The topological polar surface area (TPSA) is 40.5 Å². The summed E-state index contributed by atoms with van der Waals surface area (Å²) < 4.78 is 0. The maximum Gasteiger partial charge on any atom is 0.0933 e. The number of rotatable bonds is 0. The fourth-order valence-corrected chi connectivity index (χ4v) is 5.51. The summed E-state index contributed by atoms with van der Waals surface area (Å²) in [4.78, 5) is 0. The predicted octanol–water partition coefficient (Wildman–Crippen LogP) is 3.76. The van der Waals surface area contributed by atoms with Gasteiger partial charge in [-0.1, -0.05) is 43.7 Å². The molecule has 22 heavy (non-hydrogen) atoms. The number of aliphatic hydroxyl groups excluding tert-OH is 1. The van der Waals surface area contributed by atoms with Gasteiger partial charge in [0.1, 0.15) is 0 Å². The van der Waals surface area contributed by atoms with Crippen LogP contribution in [-0.4, -0.2) is 21.9 Å². The quantitative estimate of drug-likeness (QED) is 0.669. The van der Waals surface area contributed by atoms with Crippen LogP contribution in [-0.2, 0) is 0 Å². The van der Waals surface area contributed by atoms with Crippen LogP contribution in [0.25, 0.3) is 0 Å². The number of fused-ring (bicyclic) bond motifs is 4. The standard InChI is InChI=1S/C20H28O2/c1-13-10-16-11-15-12-17(21)6-5-14(15)7-9-20(16,22)18-4-3-8-19(13,18)2/h3,8,10-11,13-14,17-18,21-22H,4-7,9,12H2,1-2H3/t13?,14?,17?,18?,19?,20-/m1/s1. The Labute approximate surface area is 133 Å². The Morgan fingerprint density at radius 3 is 2.86 bits per heavy atom. The Kier molecular flexibility index (Phi) is 3.22. The zero-order valence-electron chi connectivity index (χ0n) is 13.8. The first kappa shape index (κ1) is 14.7. The third-order valence-electron chi connectivity index (χ3n) is 7.15. The average Bonchev–Trinajstić information content (AvgIpc) is 2.83. The van der Waals surface area contributed by atoms with Crippen molar-refractivity contribution in [1.82, 2.24) is 0 Å². The van der Waals surface area contributed by atoms with Crippen molar-refractivity contribution < 1.29 is 10.2 Å². The van der Waals surface area contributed by atoms with E-state index < -0.39 is 5.60 Å². The van der Waals surface area contributed by atoms with Crippen molar-refractivity contribution in [1.29, 1.82) is 0 Å². The molecule has 4 rings (SSSR count). The molecule has 1 saturated carbocycles. The fourth-order valence-electron chi connectivity index (χ4n) is 5.51. The maximum absolute atomic E-state index is 11.6. The van der Waals surface area contributed by atoms with Crippen LogP contribution in [0.4, 0.5) is 0 Å². The summed E-state index contributed by atoms with van der Waals surface area (Å²) in [6.07, 6.45) is 14.7. The molecule has 5 unspecified atom stereocenters. The molecule has 0 aliphatic heterocycles. The van der Waals surface area contributed by atoms with Gasteiger partial charge >= 0.3 is 0 Å². The molecule has 0 aromatic carbocycles. The van der Waals surface area contributed by atoms with E-state index in [9.17, 15) is 10.2 Å². The minimum atomic E-state index is -0.681. The highest BCUT2D eigenvalue weighted by atomic mass is 16.3. The van der Waals surface area contributed by atoms with Crippen LogP contribution in [0.5, 0.6) is 0 Å². The van der Waals surface area contributed by atoms with E-state index in [-0.39, 0.29) is 11.5 Å². The van der Waals surface area contributed by atoms with Gasteiger partial charge in [-0.05, 0) is 61.3 Å². The molecule has 2 N–H and O–H groups in total. The lowest BCUT2D eigenvalue weighted by Gasteiger charge is -2.50. The molecule has 120 valence electrons. The van der Waals surface area contributed by atoms with Gasteiger partial charge in [0.05, 0.1) is 11.7 Å². The Hall–Kier alpha value is -0.860. The SMILES string of the molecule is CC1C=C2C=C3CC(O)CCC3CC[C@]2(O)C2CC=CC12C. The second-order valence-electron chi connectivity index (χ2n) is 8.28. The van der Waals surface area contributed by atoms with Crippen LogP contribution < -0.4 is 0 Å². The normalized spacial score (nSPS) is 50.4. The Balaban J connectivity index is 1.78. The molecule has 1 fully saturated rings. The lowest BCUT2D eigenvalue weighted by atomic mass is 9.57. The largest absolute Gasteiger partial charge is 0.393 e. The van der Waals surface area contributed by atoms with Gasteiger partial charge in [0.25, 0.3) is 0 Å². The third-order valence-corrected chi connectivity index (χ3v) is 7.15. The van der Waals surface area contributed by atoms with E-state index in [1.165, 1.54) is 5.57 Å². The summed E-state index contributed by atoms with van der Waals surface area (Å²) in [6.45, 7) is 4.60. The van der Waals surface area contributed by atoms with Gasteiger partial charge in [-0.25, -0.2) is 0 Å². The summed E-state index contributed by atoms with van der Waals surface area (Å²) in [5.41, 5.74) is 1.92. The van der Waals surface area contributed by atoms with Crippen molar-refractivity contribution in [2.24, 2.45) is 23.2 Å². The molecule has 0 bridgehead atoms. The average molecular weight is 300 g/mol.